The van der Waals surface area contributed by atoms with Gasteiger partial charge < -0.3 is 15.1 Å². The van der Waals surface area contributed by atoms with Crippen molar-refractivity contribution < 1.29 is 9.59 Å². The molecule has 1 aromatic rings. The first-order valence-electron chi connectivity index (χ1n) is 8.54. The highest BCUT2D eigenvalue weighted by molar-refractivity contribution is 7.13. The molecule has 1 N–H and O–H groups in total. The molecule has 0 aromatic carbocycles. The van der Waals surface area contributed by atoms with E-state index in [4.69, 9.17) is 0 Å². The van der Waals surface area contributed by atoms with Crippen LogP contribution in [0.1, 0.15) is 46.7 Å². The molecule has 1 saturated heterocycles. The summed E-state index contributed by atoms with van der Waals surface area (Å²) in [6.07, 6.45) is 5.92. The normalized spacial score (nSPS) is 19.7. The van der Waals surface area contributed by atoms with E-state index in [-0.39, 0.29) is 11.9 Å². The van der Waals surface area contributed by atoms with Crippen LogP contribution in [-0.2, 0) is 0 Å². The standard InChI is InChI=1S/C17H25N3O2S/c1-13-7-8-15(23-13)16(21)19-9-11-20(12-10-19)17(22)18-14-5-3-2-4-6-14/h7-8,14H,2-6,9-12H2,1H3,(H,18,22). The van der Waals surface area contributed by atoms with Crippen molar-refractivity contribution in [2.24, 2.45) is 0 Å². The maximum atomic E-state index is 12.4. The zero-order chi connectivity index (χ0) is 16.2. The van der Waals surface area contributed by atoms with Gasteiger partial charge in [0.1, 0.15) is 0 Å². The third kappa shape index (κ3) is 4.05. The van der Waals surface area contributed by atoms with Crippen LogP contribution in [0.2, 0.25) is 0 Å². The Balaban J connectivity index is 1.47. The van der Waals surface area contributed by atoms with Crippen molar-refractivity contribution in [2.45, 2.75) is 45.1 Å². The molecule has 5 nitrogen and oxygen atoms in total. The average Bonchev–Trinajstić information content (AvgIpc) is 3.02. The predicted octanol–water partition coefficient (Wildman–Crippen LogP) is 2.86. The second-order valence-corrected chi connectivity index (χ2v) is 7.76. The largest absolute Gasteiger partial charge is 0.335 e. The van der Waals surface area contributed by atoms with Gasteiger partial charge in [-0.15, -0.1) is 11.3 Å². The number of aryl methyl sites for hydroxylation is 1. The summed E-state index contributed by atoms with van der Waals surface area (Å²) in [5.41, 5.74) is 0. The molecule has 126 valence electrons. The fourth-order valence-electron chi connectivity index (χ4n) is 3.33. The van der Waals surface area contributed by atoms with Gasteiger partial charge >= 0.3 is 6.03 Å². The van der Waals surface area contributed by atoms with Crippen molar-refractivity contribution in [3.63, 3.8) is 0 Å². The van der Waals surface area contributed by atoms with E-state index >= 15 is 0 Å². The highest BCUT2D eigenvalue weighted by atomic mass is 32.1. The van der Waals surface area contributed by atoms with Gasteiger partial charge in [-0.3, -0.25) is 4.79 Å². The second-order valence-electron chi connectivity index (χ2n) is 6.47. The number of rotatable bonds is 2. The van der Waals surface area contributed by atoms with Gasteiger partial charge in [-0.05, 0) is 31.9 Å². The number of hydrogen-bond acceptors (Lipinski definition) is 3. The van der Waals surface area contributed by atoms with Crippen molar-refractivity contribution in [2.75, 3.05) is 26.2 Å². The zero-order valence-corrected chi connectivity index (χ0v) is 14.5. The monoisotopic (exact) mass is 335 g/mol. The summed E-state index contributed by atoms with van der Waals surface area (Å²) in [6.45, 7) is 4.49. The van der Waals surface area contributed by atoms with Crippen LogP contribution in [0.25, 0.3) is 0 Å². The average molecular weight is 335 g/mol. The molecule has 0 unspecified atom stereocenters. The summed E-state index contributed by atoms with van der Waals surface area (Å²) in [5, 5.41) is 3.15. The van der Waals surface area contributed by atoms with E-state index in [0.717, 1.165) is 22.6 Å². The lowest BCUT2D eigenvalue weighted by molar-refractivity contribution is 0.0667. The Bertz CT molecular complexity index is 558. The van der Waals surface area contributed by atoms with E-state index in [2.05, 4.69) is 5.32 Å². The Kier molecular flexibility index (Phi) is 5.20. The van der Waals surface area contributed by atoms with Crippen molar-refractivity contribution in [1.29, 1.82) is 0 Å². The minimum absolute atomic E-state index is 0.0379. The van der Waals surface area contributed by atoms with Gasteiger partial charge in [-0.25, -0.2) is 4.79 Å². The maximum Gasteiger partial charge on any atom is 0.317 e. The van der Waals surface area contributed by atoms with Crippen LogP contribution in [0, 0.1) is 6.92 Å². The summed E-state index contributed by atoms with van der Waals surface area (Å²) >= 11 is 1.54. The number of piperazine rings is 1. The molecule has 6 heteroatoms. The molecule has 1 saturated carbocycles. The number of nitrogens with zero attached hydrogens (tertiary/aromatic N) is 2. The molecule has 0 spiro atoms. The van der Waals surface area contributed by atoms with E-state index in [0.29, 0.717) is 32.2 Å². The summed E-state index contributed by atoms with van der Waals surface area (Å²) in [6, 6.07) is 4.25. The SMILES string of the molecule is Cc1ccc(C(=O)N2CCN(C(=O)NC3CCCCC3)CC2)s1. The Morgan fingerprint density at radius 1 is 1.04 bits per heavy atom. The molecular formula is C17H25N3O2S. The molecule has 2 heterocycles. The molecule has 0 atom stereocenters. The maximum absolute atomic E-state index is 12.4. The van der Waals surface area contributed by atoms with Crippen LogP contribution in [0.4, 0.5) is 4.79 Å². The minimum Gasteiger partial charge on any atom is -0.335 e. The molecule has 23 heavy (non-hydrogen) atoms. The first-order valence-corrected chi connectivity index (χ1v) is 9.36. The van der Waals surface area contributed by atoms with Gasteiger partial charge in [0.25, 0.3) is 5.91 Å². The zero-order valence-electron chi connectivity index (χ0n) is 13.7. The van der Waals surface area contributed by atoms with Crippen LogP contribution in [0.3, 0.4) is 0 Å². The molecule has 0 bridgehead atoms. The van der Waals surface area contributed by atoms with Crippen molar-refractivity contribution in [3.05, 3.63) is 21.9 Å². The van der Waals surface area contributed by atoms with Crippen LogP contribution >= 0.6 is 11.3 Å². The molecule has 2 aliphatic rings. The van der Waals surface area contributed by atoms with Crippen LogP contribution < -0.4 is 5.32 Å². The summed E-state index contributed by atoms with van der Waals surface area (Å²) in [5.74, 6) is 0.0930. The van der Waals surface area contributed by atoms with E-state index in [9.17, 15) is 9.59 Å². The Morgan fingerprint density at radius 3 is 2.30 bits per heavy atom. The van der Waals surface area contributed by atoms with E-state index in [1.54, 1.807) is 0 Å². The van der Waals surface area contributed by atoms with Crippen LogP contribution in [-0.4, -0.2) is 54.0 Å². The van der Waals surface area contributed by atoms with Crippen LogP contribution in [0.15, 0.2) is 12.1 Å². The molecule has 3 rings (SSSR count). The lowest BCUT2D eigenvalue weighted by atomic mass is 9.96. The Labute approximate surface area is 141 Å². The van der Waals surface area contributed by atoms with Crippen molar-refractivity contribution >= 4 is 23.3 Å². The number of amides is 3. The number of nitrogens with one attached hydrogen (secondary N) is 1. The van der Waals surface area contributed by atoms with E-state index < -0.39 is 0 Å². The van der Waals surface area contributed by atoms with Crippen LogP contribution in [0.5, 0.6) is 0 Å². The lowest BCUT2D eigenvalue weighted by Gasteiger charge is -2.35. The molecule has 1 aliphatic heterocycles. The quantitative estimate of drug-likeness (QED) is 0.903. The Hall–Kier alpha value is -1.56. The fourth-order valence-corrected chi connectivity index (χ4v) is 4.17. The fraction of sp³-hybridized carbons (Fsp3) is 0.647. The summed E-state index contributed by atoms with van der Waals surface area (Å²) < 4.78 is 0. The third-order valence-corrected chi connectivity index (χ3v) is 5.73. The van der Waals surface area contributed by atoms with Gasteiger partial charge in [0, 0.05) is 37.1 Å². The number of urea groups is 1. The number of hydrogen-bond donors (Lipinski definition) is 1. The second kappa shape index (κ2) is 7.34. The van der Waals surface area contributed by atoms with Crippen molar-refractivity contribution in [3.8, 4) is 0 Å². The van der Waals surface area contributed by atoms with Gasteiger partial charge in [-0.2, -0.15) is 0 Å². The highest BCUT2D eigenvalue weighted by Gasteiger charge is 2.26. The Morgan fingerprint density at radius 2 is 1.70 bits per heavy atom. The molecule has 3 amide bonds. The van der Waals surface area contributed by atoms with Gasteiger partial charge in [0.05, 0.1) is 4.88 Å². The highest BCUT2D eigenvalue weighted by Crippen LogP contribution is 2.19. The molecule has 2 fully saturated rings. The third-order valence-electron chi connectivity index (χ3n) is 4.74. The summed E-state index contributed by atoms with van der Waals surface area (Å²) in [7, 11) is 0. The topological polar surface area (TPSA) is 52.7 Å². The minimum atomic E-state index is 0.0379. The van der Waals surface area contributed by atoms with E-state index in [1.165, 1.54) is 30.6 Å². The molecule has 0 radical (unpaired) electrons. The van der Waals surface area contributed by atoms with E-state index in [1.807, 2.05) is 28.9 Å². The molecule has 1 aromatic heterocycles. The molecule has 1 aliphatic carbocycles. The molecular weight excluding hydrogens is 310 g/mol. The number of thiophene rings is 1. The summed E-state index contributed by atoms with van der Waals surface area (Å²) in [4.78, 5) is 30.4. The van der Waals surface area contributed by atoms with Crippen molar-refractivity contribution in [1.82, 2.24) is 15.1 Å². The first kappa shape index (κ1) is 16.3. The number of carbonyl (C=O) groups is 2. The lowest BCUT2D eigenvalue weighted by Crippen LogP contribution is -2.54. The smallest absolute Gasteiger partial charge is 0.317 e. The van der Waals surface area contributed by atoms with Gasteiger partial charge in [0.2, 0.25) is 0 Å². The van der Waals surface area contributed by atoms with Gasteiger partial charge in [-0.1, -0.05) is 19.3 Å². The number of carbonyl (C=O) groups excluding carboxylic acids is 2. The van der Waals surface area contributed by atoms with Gasteiger partial charge in [0.15, 0.2) is 0 Å². The predicted molar refractivity (Wildman–Crippen MR) is 91.9 cm³/mol. The first-order chi connectivity index (χ1) is 11.1.